The number of hydrogen-bond acceptors (Lipinski definition) is 5. The zero-order chi connectivity index (χ0) is 26.3. The van der Waals surface area contributed by atoms with E-state index in [0.717, 1.165) is 22.1 Å². The number of nitrogens with zero attached hydrogens (tertiary/aromatic N) is 1. The van der Waals surface area contributed by atoms with E-state index in [2.05, 4.69) is 0 Å². The first-order valence-electron chi connectivity index (χ1n) is 12.2. The Hall–Kier alpha value is -5.03. The van der Waals surface area contributed by atoms with Crippen molar-refractivity contribution in [2.75, 3.05) is 0 Å². The molecule has 0 unspecified atom stereocenters. The third-order valence-electron chi connectivity index (χ3n) is 6.00. The molecule has 0 atom stereocenters. The lowest BCUT2D eigenvalue weighted by Crippen LogP contribution is -2.10. The number of para-hydroxylation sites is 1. The molecule has 0 bridgehead atoms. The molecule has 0 radical (unpaired) electrons. The number of hydrogen-bond donors (Lipinski definition) is 0. The van der Waals surface area contributed by atoms with Gasteiger partial charge in [-0.1, -0.05) is 96.6 Å². The number of carbonyl (C=O) groups excluding carboxylic acids is 2. The van der Waals surface area contributed by atoms with Gasteiger partial charge in [-0.3, -0.25) is 0 Å². The SMILES string of the molecule is Cc1ccc(OC(=O)c2c3ccccc3nc3cc(C=CC=CC(=O)OCc4ccccc4)ccc23)cc1. The van der Waals surface area contributed by atoms with Crippen molar-refractivity contribution in [2.24, 2.45) is 0 Å². The number of rotatable bonds is 7. The maximum atomic E-state index is 13.3. The van der Waals surface area contributed by atoms with Crippen molar-refractivity contribution in [2.45, 2.75) is 13.5 Å². The average molecular weight is 500 g/mol. The molecule has 186 valence electrons. The van der Waals surface area contributed by atoms with Crippen molar-refractivity contribution in [3.63, 3.8) is 0 Å². The zero-order valence-corrected chi connectivity index (χ0v) is 20.8. The van der Waals surface area contributed by atoms with Crippen LogP contribution in [0.25, 0.3) is 27.9 Å². The molecular formula is C33H25NO4. The van der Waals surface area contributed by atoms with Gasteiger partial charge in [0.05, 0.1) is 16.6 Å². The molecule has 38 heavy (non-hydrogen) atoms. The normalized spacial score (nSPS) is 11.4. The average Bonchev–Trinajstić information content (AvgIpc) is 2.94. The van der Waals surface area contributed by atoms with Crippen LogP contribution in [0.15, 0.2) is 115 Å². The number of benzene rings is 4. The van der Waals surface area contributed by atoms with E-state index in [0.29, 0.717) is 27.7 Å². The van der Waals surface area contributed by atoms with Gasteiger partial charge in [0.1, 0.15) is 12.4 Å². The van der Waals surface area contributed by atoms with Gasteiger partial charge >= 0.3 is 11.9 Å². The Morgan fingerprint density at radius 3 is 2.34 bits per heavy atom. The fraction of sp³-hybridized carbons (Fsp3) is 0.0606. The molecule has 0 fully saturated rings. The van der Waals surface area contributed by atoms with Gasteiger partial charge < -0.3 is 9.47 Å². The Kier molecular flexibility index (Phi) is 7.37. The number of ether oxygens (including phenoxy) is 2. The van der Waals surface area contributed by atoms with Crippen LogP contribution in [0.2, 0.25) is 0 Å². The van der Waals surface area contributed by atoms with Crippen LogP contribution in [-0.4, -0.2) is 16.9 Å². The molecule has 0 aliphatic carbocycles. The number of carbonyl (C=O) groups is 2. The first-order valence-corrected chi connectivity index (χ1v) is 12.2. The van der Waals surface area contributed by atoms with Gasteiger partial charge in [-0.15, -0.1) is 0 Å². The Labute approximate surface area is 220 Å². The number of aryl methyl sites for hydroxylation is 1. The minimum Gasteiger partial charge on any atom is -0.458 e. The first kappa shape index (κ1) is 24.7. The summed E-state index contributed by atoms with van der Waals surface area (Å²) in [6.07, 6.45) is 6.64. The van der Waals surface area contributed by atoms with Crippen LogP contribution in [0.3, 0.4) is 0 Å². The van der Waals surface area contributed by atoms with Crippen molar-refractivity contribution in [1.82, 2.24) is 4.98 Å². The first-order chi connectivity index (χ1) is 18.6. The van der Waals surface area contributed by atoms with E-state index in [4.69, 9.17) is 14.5 Å². The van der Waals surface area contributed by atoms with Gasteiger partial charge in [-0.2, -0.15) is 0 Å². The van der Waals surface area contributed by atoms with E-state index in [1.165, 1.54) is 6.08 Å². The smallest absolute Gasteiger partial charge is 0.344 e. The third-order valence-corrected chi connectivity index (χ3v) is 6.00. The number of pyridine rings is 1. The Balaban J connectivity index is 1.36. The number of aromatic nitrogens is 1. The molecule has 1 aromatic heterocycles. The van der Waals surface area contributed by atoms with Gasteiger partial charge in [-0.25, -0.2) is 14.6 Å². The number of allylic oxidation sites excluding steroid dienone is 2. The summed E-state index contributed by atoms with van der Waals surface area (Å²) in [5.41, 5.74) is 4.75. The second-order valence-corrected chi connectivity index (χ2v) is 8.79. The van der Waals surface area contributed by atoms with Gasteiger partial charge in [0.15, 0.2) is 0 Å². The van der Waals surface area contributed by atoms with Crippen LogP contribution in [0, 0.1) is 6.92 Å². The van der Waals surface area contributed by atoms with Gasteiger partial charge in [0.25, 0.3) is 0 Å². The molecule has 0 spiro atoms. The van der Waals surface area contributed by atoms with E-state index < -0.39 is 11.9 Å². The molecule has 0 aliphatic heterocycles. The second-order valence-electron chi connectivity index (χ2n) is 8.79. The molecule has 5 aromatic rings. The van der Waals surface area contributed by atoms with Crippen molar-refractivity contribution in [3.8, 4) is 5.75 Å². The molecule has 5 rings (SSSR count). The highest BCUT2D eigenvalue weighted by Crippen LogP contribution is 2.28. The topological polar surface area (TPSA) is 65.5 Å². The zero-order valence-electron chi connectivity index (χ0n) is 20.8. The lowest BCUT2D eigenvalue weighted by molar-refractivity contribution is -0.139. The minimum atomic E-state index is -0.433. The summed E-state index contributed by atoms with van der Waals surface area (Å²) in [6.45, 7) is 2.21. The molecule has 0 aliphatic rings. The molecule has 5 heteroatoms. The highest BCUT2D eigenvalue weighted by Gasteiger charge is 2.18. The fourth-order valence-corrected chi connectivity index (χ4v) is 4.08. The highest BCUT2D eigenvalue weighted by molar-refractivity contribution is 6.15. The van der Waals surface area contributed by atoms with E-state index in [1.54, 1.807) is 24.3 Å². The summed E-state index contributed by atoms with van der Waals surface area (Å²) in [4.78, 5) is 30.1. The van der Waals surface area contributed by atoms with E-state index in [1.807, 2.05) is 97.9 Å². The van der Waals surface area contributed by atoms with Crippen molar-refractivity contribution in [1.29, 1.82) is 0 Å². The summed E-state index contributed by atoms with van der Waals surface area (Å²) < 4.78 is 11.0. The molecule has 1 heterocycles. The molecular weight excluding hydrogens is 474 g/mol. The minimum absolute atomic E-state index is 0.229. The van der Waals surface area contributed by atoms with Crippen LogP contribution in [0.5, 0.6) is 5.75 Å². The lowest BCUT2D eigenvalue weighted by Gasteiger charge is -2.11. The van der Waals surface area contributed by atoms with Crippen molar-refractivity contribution < 1.29 is 19.1 Å². The maximum absolute atomic E-state index is 13.3. The predicted molar refractivity (Wildman–Crippen MR) is 150 cm³/mol. The molecule has 5 nitrogen and oxygen atoms in total. The quantitative estimate of drug-likeness (QED) is 0.0777. The molecule has 0 amide bonds. The van der Waals surface area contributed by atoms with Crippen LogP contribution in [0.4, 0.5) is 0 Å². The van der Waals surface area contributed by atoms with Gasteiger partial charge in [0, 0.05) is 16.8 Å². The number of esters is 2. The van der Waals surface area contributed by atoms with E-state index >= 15 is 0 Å². The second kappa shape index (κ2) is 11.4. The van der Waals surface area contributed by atoms with Crippen molar-refractivity contribution in [3.05, 3.63) is 138 Å². The summed E-state index contributed by atoms with van der Waals surface area (Å²) in [7, 11) is 0. The van der Waals surface area contributed by atoms with Gasteiger partial charge in [0.2, 0.25) is 0 Å². The molecule has 4 aromatic carbocycles. The van der Waals surface area contributed by atoms with Gasteiger partial charge in [-0.05, 0) is 42.3 Å². The monoisotopic (exact) mass is 499 g/mol. The Morgan fingerprint density at radius 2 is 1.53 bits per heavy atom. The summed E-state index contributed by atoms with van der Waals surface area (Å²) in [6, 6.07) is 30.1. The fourth-order valence-electron chi connectivity index (χ4n) is 4.08. The van der Waals surface area contributed by atoms with Crippen molar-refractivity contribution >= 4 is 39.8 Å². The Morgan fingerprint density at radius 1 is 0.789 bits per heavy atom. The molecule has 0 N–H and O–H groups in total. The van der Waals surface area contributed by atoms with Crippen LogP contribution in [-0.2, 0) is 16.1 Å². The van der Waals surface area contributed by atoms with Crippen LogP contribution < -0.4 is 4.74 Å². The van der Waals surface area contributed by atoms with Crippen LogP contribution >= 0.6 is 0 Å². The largest absolute Gasteiger partial charge is 0.458 e. The highest BCUT2D eigenvalue weighted by atomic mass is 16.5. The molecule has 0 saturated carbocycles. The lowest BCUT2D eigenvalue weighted by atomic mass is 10.0. The van der Waals surface area contributed by atoms with Crippen LogP contribution in [0.1, 0.15) is 27.0 Å². The predicted octanol–water partition coefficient (Wildman–Crippen LogP) is 7.23. The maximum Gasteiger partial charge on any atom is 0.344 e. The van der Waals surface area contributed by atoms with E-state index in [-0.39, 0.29) is 6.61 Å². The number of fused-ring (bicyclic) bond motifs is 2. The molecule has 0 saturated heterocycles. The summed E-state index contributed by atoms with van der Waals surface area (Å²) in [5, 5.41) is 1.44. The standard InChI is InChI=1S/C33H25NO4/c1-23-15-18-26(19-16-23)38-33(36)32-27-12-6-7-13-29(27)34-30-21-24(17-20-28(30)32)9-5-8-14-31(35)37-22-25-10-3-2-4-11-25/h2-21H,22H2,1H3. The Bertz CT molecular complexity index is 1670. The summed E-state index contributed by atoms with van der Waals surface area (Å²) >= 11 is 0. The van der Waals surface area contributed by atoms with E-state index in [9.17, 15) is 9.59 Å². The summed E-state index contributed by atoms with van der Waals surface area (Å²) in [5.74, 6) is -0.358. The third kappa shape index (κ3) is 5.85.